The summed E-state index contributed by atoms with van der Waals surface area (Å²) in [5.74, 6) is -0.375. The van der Waals surface area contributed by atoms with E-state index >= 15 is 0 Å². The summed E-state index contributed by atoms with van der Waals surface area (Å²) >= 11 is 0. The normalized spacial score (nSPS) is 18.9. The van der Waals surface area contributed by atoms with Gasteiger partial charge in [-0.2, -0.15) is 0 Å². The van der Waals surface area contributed by atoms with Crippen LogP contribution in [-0.2, 0) is 4.79 Å². The van der Waals surface area contributed by atoms with Gasteiger partial charge in [0, 0.05) is 12.1 Å². The van der Waals surface area contributed by atoms with Crippen LogP contribution in [0.15, 0.2) is 30.3 Å². The Balaban J connectivity index is 1.89. The molecule has 1 aliphatic heterocycles. The lowest BCUT2D eigenvalue weighted by Crippen LogP contribution is -2.46. The van der Waals surface area contributed by atoms with Crippen LogP contribution in [0.4, 0.5) is 0 Å². The van der Waals surface area contributed by atoms with Crippen LogP contribution < -0.4 is 5.32 Å². The SMILES string of the molecule is O=C(NCC(=O)N1CCCCCC1CO)c1ccccc1. The first-order valence-electron chi connectivity index (χ1n) is 7.46. The van der Waals surface area contributed by atoms with Gasteiger partial charge in [0.1, 0.15) is 0 Å². The number of carbonyl (C=O) groups excluding carboxylic acids is 2. The predicted molar refractivity (Wildman–Crippen MR) is 79.8 cm³/mol. The monoisotopic (exact) mass is 290 g/mol. The molecule has 2 rings (SSSR count). The fourth-order valence-corrected chi connectivity index (χ4v) is 2.64. The second kappa shape index (κ2) is 7.78. The van der Waals surface area contributed by atoms with Gasteiger partial charge < -0.3 is 15.3 Å². The Bertz CT molecular complexity index is 476. The van der Waals surface area contributed by atoms with Gasteiger partial charge in [-0.05, 0) is 25.0 Å². The van der Waals surface area contributed by atoms with Crippen LogP contribution in [-0.4, -0.2) is 47.6 Å². The van der Waals surface area contributed by atoms with E-state index < -0.39 is 0 Å². The number of amides is 2. The van der Waals surface area contributed by atoms with Crippen molar-refractivity contribution in [3.63, 3.8) is 0 Å². The van der Waals surface area contributed by atoms with Crippen molar-refractivity contribution >= 4 is 11.8 Å². The third-order valence-electron chi connectivity index (χ3n) is 3.84. The Labute approximate surface area is 125 Å². The largest absolute Gasteiger partial charge is 0.394 e. The molecule has 0 bridgehead atoms. The first-order valence-corrected chi connectivity index (χ1v) is 7.46. The Hall–Kier alpha value is -1.88. The molecule has 0 aliphatic carbocycles. The third-order valence-corrected chi connectivity index (χ3v) is 3.84. The Morgan fingerprint density at radius 3 is 2.67 bits per heavy atom. The van der Waals surface area contributed by atoms with Gasteiger partial charge in [-0.3, -0.25) is 9.59 Å². The summed E-state index contributed by atoms with van der Waals surface area (Å²) in [6.45, 7) is 0.619. The quantitative estimate of drug-likeness (QED) is 0.875. The Morgan fingerprint density at radius 1 is 1.19 bits per heavy atom. The summed E-state index contributed by atoms with van der Waals surface area (Å²) in [5, 5.41) is 12.1. The zero-order valence-electron chi connectivity index (χ0n) is 12.1. The summed E-state index contributed by atoms with van der Waals surface area (Å²) in [6.07, 6.45) is 3.89. The fraction of sp³-hybridized carbons (Fsp3) is 0.500. The van der Waals surface area contributed by atoms with Crippen molar-refractivity contribution in [3.8, 4) is 0 Å². The van der Waals surface area contributed by atoms with Crippen LogP contribution in [0.2, 0.25) is 0 Å². The van der Waals surface area contributed by atoms with Crippen molar-refractivity contribution in [3.05, 3.63) is 35.9 Å². The number of hydrogen-bond donors (Lipinski definition) is 2. The van der Waals surface area contributed by atoms with E-state index in [0.29, 0.717) is 12.1 Å². The molecule has 2 amide bonds. The molecule has 1 saturated heterocycles. The molecule has 1 heterocycles. The van der Waals surface area contributed by atoms with Gasteiger partial charge in [-0.15, -0.1) is 0 Å². The van der Waals surface area contributed by atoms with Crippen molar-refractivity contribution in [2.75, 3.05) is 19.7 Å². The lowest BCUT2D eigenvalue weighted by atomic mass is 10.1. The van der Waals surface area contributed by atoms with Crippen molar-refractivity contribution in [2.24, 2.45) is 0 Å². The number of carbonyl (C=O) groups is 2. The van der Waals surface area contributed by atoms with E-state index in [-0.39, 0.29) is 31.0 Å². The van der Waals surface area contributed by atoms with Gasteiger partial charge in [0.05, 0.1) is 19.2 Å². The maximum atomic E-state index is 12.3. The Kier molecular flexibility index (Phi) is 5.75. The van der Waals surface area contributed by atoms with Gasteiger partial charge >= 0.3 is 0 Å². The lowest BCUT2D eigenvalue weighted by Gasteiger charge is -2.28. The highest BCUT2D eigenvalue weighted by Gasteiger charge is 2.24. The summed E-state index contributed by atoms with van der Waals surface area (Å²) in [6, 6.07) is 8.71. The molecule has 1 unspecified atom stereocenters. The van der Waals surface area contributed by atoms with Crippen LogP contribution in [0, 0.1) is 0 Å². The Morgan fingerprint density at radius 2 is 1.95 bits per heavy atom. The molecule has 114 valence electrons. The molecule has 0 saturated carbocycles. The molecule has 0 spiro atoms. The van der Waals surface area contributed by atoms with Crippen LogP contribution in [0.1, 0.15) is 36.0 Å². The topological polar surface area (TPSA) is 69.6 Å². The highest BCUT2D eigenvalue weighted by Crippen LogP contribution is 2.16. The van der Waals surface area contributed by atoms with Crippen molar-refractivity contribution < 1.29 is 14.7 Å². The second-order valence-electron chi connectivity index (χ2n) is 5.32. The predicted octanol–water partition coefficient (Wildman–Crippen LogP) is 1.18. The smallest absolute Gasteiger partial charge is 0.251 e. The van der Waals surface area contributed by atoms with Crippen LogP contribution in [0.5, 0.6) is 0 Å². The van der Waals surface area contributed by atoms with Gasteiger partial charge in [0.2, 0.25) is 5.91 Å². The number of rotatable bonds is 4. The van der Waals surface area contributed by atoms with E-state index in [4.69, 9.17) is 0 Å². The fourth-order valence-electron chi connectivity index (χ4n) is 2.64. The first-order chi connectivity index (χ1) is 10.2. The van der Waals surface area contributed by atoms with Gasteiger partial charge in [0.15, 0.2) is 0 Å². The molecule has 0 radical (unpaired) electrons. The molecule has 1 aromatic carbocycles. The van der Waals surface area contributed by atoms with Gasteiger partial charge in [0.25, 0.3) is 5.91 Å². The van der Waals surface area contributed by atoms with Gasteiger partial charge in [-0.1, -0.05) is 31.0 Å². The van der Waals surface area contributed by atoms with Crippen molar-refractivity contribution in [2.45, 2.75) is 31.7 Å². The highest BCUT2D eigenvalue weighted by molar-refractivity contribution is 5.96. The number of nitrogens with zero attached hydrogens (tertiary/aromatic N) is 1. The summed E-state index contributed by atoms with van der Waals surface area (Å²) in [5.41, 5.74) is 0.542. The molecular formula is C16H22N2O3. The molecule has 1 aliphatic rings. The lowest BCUT2D eigenvalue weighted by molar-refractivity contribution is -0.133. The minimum absolute atomic E-state index is 0.0155. The number of aliphatic hydroxyl groups excluding tert-OH is 1. The summed E-state index contributed by atoms with van der Waals surface area (Å²) in [4.78, 5) is 25.9. The summed E-state index contributed by atoms with van der Waals surface area (Å²) < 4.78 is 0. The molecule has 0 aromatic heterocycles. The first kappa shape index (κ1) is 15.5. The molecule has 1 aromatic rings. The van der Waals surface area contributed by atoms with E-state index in [0.717, 1.165) is 25.7 Å². The number of likely N-dealkylation sites (tertiary alicyclic amines) is 1. The van der Waals surface area contributed by atoms with E-state index in [1.165, 1.54) is 0 Å². The minimum atomic E-state index is -0.251. The number of aliphatic hydroxyl groups is 1. The zero-order valence-corrected chi connectivity index (χ0v) is 12.1. The molecule has 1 fully saturated rings. The summed E-state index contributed by atoms with van der Waals surface area (Å²) in [7, 11) is 0. The zero-order chi connectivity index (χ0) is 15.1. The third kappa shape index (κ3) is 4.29. The van der Waals surface area contributed by atoms with E-state index in [1.54, 1.807) is 29.2 Å². The highest BCUT2D eigenvalue weighted by atomic mass is 16.3. The molecule has 2 N–H and O–H groups in total. The van der Waals surface area contributed by atoms with E-state index in [2.05, 4.69) is 5.32 Å². The average Bonchev–Trinajstić information content (AvgIpc) is 2.78. The van der Waals surface area contributed by atoms with Crippen LogP contribution in [0.3, 0.4) is 0 Å². The minimum Gasteiger partial charge on any atom is -0.394 e. The molecule has 21 heavy (non-hydrogen) atoms. The average molecular weight is 290 g/mol. The van der Waals surface area contributed by atoms with Crippen LogP contribution in [0.25, 0.3) is 0 Å². The molecule has 5 heteroatoms. The van der Waals surface area contributed by atoms with Gasteiger partial charge in [-0.25, -0.2) is 0 Å². The van der Waals surface area contributed by atoms with E-state index in [9.17, 15) is 14.7 Å². The van der Waals surface area contributed by atoms with Crippen molar-refractivity contribution in [1.29, 1.82) is 0 Å². The molecular weight excluding hydrogens is 268 g/mol. The maximum Gasteiger partial charge on any atom is 0.251 e. The van der Waals surface area contributed by atoms with E-state index in [1.807, 2.05) is 6.07 Å². The maximum absolute atomic E-state index is 12.3. The number of nitrogens with one attached hydrogen (secondary N) is 1. The standard InChI is InChI=1S/C16H22N2O3/c19-12-14-9-5-2-6-10-18(14)15(20)11-17-16(21)13-7-3-1-4-8-13/h1,3-4,7-8,14,19H,2,5-6,9-12H2,(H,17,21). The van der Waals surface area contributed by atoms with Crippen molar-refractivity contribution in [1.82, 2.24) is 10.2 Å². The second-order valence-corrected chi connectivity index (χ2v) is 5.32. The number of hydrogen-bond acceptors (Lipinski definition) is 3. The molecule has 5 nitrogen and oxygen atoms in total. The van der Waals surface area contributed by atoms with Crippen LogP contribution >= 0.6 is 0 Å². The number of benzene rings is 1. The molecule has 1 atom stereocenters.